The van der Waals surface area contributed by atoms with Crippen LogP contribution in [0.2, 0.25) is 0 Å². The number of nitrogens with zero attached hydrogens (tertiary/aromatic N) is 1. The van der Waals surface area contributed by atoms with Crippen molar-refractivity contribution >= 4 is 5.97 Å². The van der Waals surface area contributed by atoms with E-state index in [9.17, 15) is 14.4 Å². The molecule has 3 rings (SSSR count). The number of esters is 1. The van der Waals surface area contributed by atoms with Crippen molar-refractivity contribution in [3.63, 3.8) is 0 Å². The summed E-state index contributed by atoms with van der Waals surface area (Å²) in [6.07, 6.45) is 6.52. The second kappa shape index (κ2) is 5.92. The molecule has 1 aliphatic heterocycles. The number of carbonyl (C=O) groups is 1. The van der Waals surface area contributed by atoms with Crippen molar-refractivity contribution in [1.29, 1.82) is 0 Å². The minimum absolute atomic E-state index is 0.120. The number of hydrogen-bond acceptors (Lipinski definition) is 5. The molecule has 2 heterocycles. The zero-order chi connectivity index (χ0) is 15.7. The fraction of sp³-hybridized carbons (Fsp3) is 0.533. The summed E-state index contributed by atoms with van der Waals surface area (Å²) < 4.78 is 12.5. The van der Waals surface area contributed by atoms with Crippen LogP contribution in [0.3, 0.4) is 0 Å². The maximum Gasteiger partial charge on any atom is 0.330 e. The fourth-order valence-corrected chi connectivity index (χ4v) is 3.25. The van der Waals surface area contributed by atoms with Crippen LogP contribution in [0, 0.1) is 11.8 Å². The first-order valence-electron chi connectivity index (χ1n) is 7.31. The van der Waals surface area contributed by atoms with Crippen LogP contribution in [0.15, 0.2) is 34.0 Å². The van der Waals surface area contributed by atoms with Gasteiger partial charge in [0.05, 0.1) is 6.10 Å². The molecule has 0 radical (unpaired) electrons. The molecule has 1 fully saturated rings. The highest BCUT2D eigenvalue weighted by atomic mass is 16.6. The molecule has 2 aliphatic rings. The quantitative estimate of drug-likeness (QED) is 0.651. The summed E-state index contributed by atoms with van der Waals surface area (Å²) in [7, 11) is 0. The summed E-state index contributed by atoms with van der Waals surface area (Å²) in [5.41, 5.74) is -0.922. The van der Waals surface area contributed by atoms with Crippen molar-refractivity contribution in [1.82, 2.24) is 9.55 Å². The van der Waals surface area contributed by atoms with Crippen LogP contribution >= 0.6 is 0 Å². The lowest BCUT2D eigenvalue weighted by Crippen LogP contribution is -2.34. The molecule has 1 N–H and O–H groups in total. The highest BCUT2D eigenvalue weighted by molar-refractivity contribution is 5.65. The van der Waals surface area contributed by atoms with E-state index < -0.39 is 17.5 Å². The average molecular weight is 306 g/mol. The Morgan fingerprint density at radius 1 is 1.36 bits per heavy atom. The maximum atomic E-state index is 12.0. The van der Waals surface area contributed by atoms with E-state index in [0.717, 1.165) is 12.8 Å². The molecule has 7 nitrogen and oxygen atoms in total. The van der Waals surface area contributed by atoms with Gasteiger partial charge in [0.1, 0.15) is 12.8 Å². The molecule has 7 heteroatoms. The van der Waals surface area contributed by atoms with E-state index in [1.807, 2.05) is 0 Å². The van der Waals surface area contributed by atoms with Gasteiger partial charge in [0.25, 0.3) is 5.56 Å². The molecule has 0 spiro atoms. The molecule has 0 aromatic carbocycles. The Morgan fingerprint density at radius 3 is 2.77 bits per heavy atom. The molecule has 118 valence electrons. The van der Waals surface area contributed by atoms with Gasteiger partial charge in [-0.2, -0.15) is 0 Å². The van der Waals surface area contributed by atoms with E-state index in [0.29, 0.717) is 0 Å². The number of fused-ring (bicyclic) bond motifs is 1. The molecular weight excluding hydrogens is 288 g/mol. The van der Waals surface area contributed by atoms with Crippen molar-refractivity contribution in [2.45, 2.75) is 32.1 Å². The molecule has 4 atom stereocenters. The molecule has 1 unspecified atom stereocenters. The summed E-state index contributed by atoms with van der Waals surface area (Å²) in [4.78, 5) is 36.5. The predicted octanol–water partition coefficient (Wildman–Crippen LogP) is 0.579. The van der Waals surface area contributed by atoms with Crippen LogP contribution in [0.1, 0.15) is 26.0 Å². The summed E-state index contributed by atoms with van der Waals surface area (Å²) >= 11 is 0. The lowest BCUT2D eigenvalue weighted by Gasteiger charge is -2.25. The van der Waals surface area contributed by atoms with Gasteiger partial charge in [-0.1, -0.05) is 12.2 Å². The largest absolute Gasteiger partial charge is 0.463 e. The number of aromatic nitrogens is 2. The monoisotopic (exact) mass is 306 g/mol. The Labute approximate surface area is 126 Å². The van der Waals surface area contributed by atoms with Crippen molar-refractivity contribution in [3.05, 3.63) is 45.3 Å². The molecular formula is C15H18N2O5. The van der Waals surface area contributed by atoms with E-state index in [2.05, 4.69) is 17.1 Å². The van der Waals surface area contributed by atoms with Crippen molar-refractivity contribution in [3.8, 4) is 0 Å². The van der Waals surface area contributed by atoms with Crippen LogP contribution in [0.4, 0.5) is 0 Å². The number of H-pyrrole nitrogens is 1. The third-order valence-electron chi connectivity index (χ3n) is 4.27. The van der Waals surface area contributed by atoms with Crippen LogP contribution in [-0.4, -0.2) is 28.2 Å². The van der Waals surface area contributed by atoms with Crippen LogP contribution in [-0.2, 0) is 14.3 Å². The van der Waals surface area contributed by atoms with Crippen molar-refractivity contribution < 1.29 is 14.3 Å². The first kappa shape index (κ1) is 14.8. The zero-order valence-electron chi connectivity index (χ0n) is 12.2. The van der Waals surface area contributed by atoms with Crippen LogP contribution < -0.4 is 11.2 Å². The first-order chi connectivity index (χ1) is 10.6. The van der Waals surface area contributed by atoms with Gasteiger partial charge in [0.15, 0.2) is 0 Å². The molecule has 0 saturated carbocycles. The highest BCUT2D eigenvalue weighted by Gasteiger charge is 2.45. The van der Waals surface area contributed by atoms with Gasteiger partial charge in [-0.3, -0.25) is 19.1 Å². The SMILES string of the molecule is CC(=O)OC[C@H]1OC(n2ccc(=O)[nH]c2=O)[C@@H]2CC=CC[C@H]12. The Balaban J connectivity index is 1.88. The second-order valence-corrected chi connectivity index (χ2v) is 5.66. The minimum atomic E-state index is -0.487. The number of ether oxygens (including phenoxy) is 2. The third kappa shape index (κ3) is 2.76. The lowest BCUT2D eigenvalue weighted by atomic mass is 9.81. The number of rotatable bonds is 3. The average Bonchev–Trinajstić information content (AvgIpc) is 2.84. The molecule has 1 saturated heterocycles. The Hall–Kier alpha value is -2.15. The molecule has 0 bridgehead atoms. The Bertz CT molecular complexity index is 704. The second-order valence-electron chi connectivity index (χ2n) is 5.66. The van der Waals surface area contributed by atoms with Crippen molar-refractivity contribution in [2.24, 2.45) is 11.8 Å². The molecule has 1 aromatic heterocycles. The summed E-state index contributed by atoms with van der Waals surface area (Å²) in [5.74, 6) is -0.0431. The molecule has 22 heavy (non-hydrogen) atoms. The zero-order valence-corrected chi connectivity index (χ0v) is 12.2. The van der Waals surface area contributed by atoms with E-state index in [4.69, 9.17) is 9.47 Å². The number of hydrogen-bond donors (Lipinski definition) is 1. The number of allylic oxidation sites excluding steroid dienone is 2. The fourth-order valence-electron chi connectivity index (χ4n) is 3.25. The van der Waals surface area contributed by atoms with E-state index >= 15 is 0 Å². The van der Waals surface area contributed by atoms with Gasteiger partial charge >= 0.3 is 11.7 Å². The smallest absolute Gasteiger partial charge is 0.330 e. The normalized spacial score (nSPS) is 30.0. The van der Waals surface area contributed by atoms with Gasteiger partial charge in [-0.05, 0) is 18.8 Å². The van der Waals surface area contributed by atoms with Crippen molar-refractivity contribution in [2.75, 3.05) is 6.61 Å². The van der Waals surface area contributed by atoms with Crippen LogP contribution in [0.5, 0.6) is 0 Å². The standard InChI is InChI=1S/C15H18N2O5/c1-9(18)21-8-12-10-4-2-3-5-11(10)14(22-12)17-7-6-13(19)16-15(17)20/h2-3,6-7,10-12,14H,4-5,8H2,1H3,(H,16,19,20)/t10-,11+,12+,14?/m0/s1. The minimum Gasteiger partial charge on any atom is -0.463 e. The van der Waals surface area contributed by atoms with E-state index in [1.165, 1.54) is 23.8 Å². The maximum absolute atomic E-state index is 12.0. The summed E-state index contributed by atoms with van der Waals surface area (Å²) in [6, 6.07) is 1.30. The predicted molar refractivity (Wildman–Crippen MR) is 77.2 cm³/mol. The molecule has 0 amide bonds. The summed E-state index contributed by atoms with van der Waals surface area (Å²) in [6.45, 7) is 1.54. The lowest BCUT2D eigenvalue weighted by molar-refractivity contribution is -0.146. The number of carbonyl (C=O) groups excluding carboxylic acids is 1. The third-order valence-corrected chi connectivity index (χ3v) is 4.27. The molecule has 1 aromatic rings. The first-order valence-corrected chi connectivity index (χ1v) is 7.31. The van der Waals surface area contributed by atoms with Gasteiger partial charge in [-0.15, -0.1) is 0 Å². The molecule has 1 aliphatic carbocycles. The van der Waals surface area contributed by atoms with E-state index in [-0.39, 0.29) is 30.5 Å². The number of nitrogens with one attached hydrogen (secondary N) is 1. The highest BCUT2D eigenvalue weighted by Crippen LogP contribution is 2.44. The summed E-state index contributed by atoms with van der Waals surface area (Å²) in [5, 5.41) is 0. The number of aromatic amines is 1. The van der Waals surface area contributed by atoms with Gasteiger partial charge in [0, 0.05) is 25.1 Å². The Kier molecular flexibility index (Phi) is 3.98. The van der Waals surface area contributed by atoms with Crippen LogP contribution in [0.25, 0.3) is 0 Å². The van der Waals surface area contributed by atoms with E-state index in [1.54, 1.807) is 0 Å². The topological polar surface area (TPSA) is 90.4 Å². The van der Waals surface area contributed by atoms with Gasteiger partial charge in [-0.25, -0.2) is 4.79 Å². The van der Waals surface area contributed by atoms with Gasteiger partial charge < -0.3 is 9.47 Å². The Morgan fingerprint density at radius 2 is 2.09 bits per heavy atom. The van der Waals surface area contributed by atoms with Gasteiger partial charge in [0.2, 0.25) is 0 Å².